The Morgan fingerprint density at radius 2 is 1.45 bits per heavy atom. The van der Waals surface area contributed by atoms with Crippen LogP contribution in [-0.2, 0) is 26.2 Å². The van der Waals surface area contributed by atoms with Gasteiger partial charge in [0.15, 0.2) is 0 Å². The second-order valence-electron chi connectivity index (χ2n) is 8.92. The summed E-state index contributed by atoms with van der Waals surface area (Å²) in [6.07, 6.45) is 0.692. The van der Waals surface area contributed by atoms with Gasteiger partial charge in [-0.3, -0.25) is 13.9 Å². The van der Waals surface area contributed by atoms with Gasteiger partial charge in [0.05, 0.1) is 10.6 Å². The molecule has 0 aliphatic heterocycles. The van der Waals surface area contributed by atoms with Gasteiger partial charge in [-0.05, 0) is 74.4 Å². The van der Waals surface area contributed by atoms with E-state index in [-0.39, 0.29) is 17.1 Å². The quantitative estimate of drug-likeness (QED) is 0.388. The lowest BCUT2D eigenvalue weighted by Crippen LogP contribution is -2.51. The number of amides is 2. The fourth-order valence-corrected chi connectivity index (χ4v) is 5.15. The topological polar surface area (TPSA) is 86.8 Å². The van der Waals surface area contributed by atoms with Gasteiger partial charge in [0, 0.05) is 13.1 Å². The molecule has 1 unspecified atom stereocenters. The molecule has 3 aromatic rings. The van der Waals surface area contributed by atoms with Crippen molar-refractivity contribution in [1.29, 1.82) is 0 Å². The highest BCUT2D eigenvalue weighted by molar-refractivity contribution is 7.92. The zero-order chi connectivity index (χ0) is 27.9. The summed E-state index contributed by atoms with van der Waals surface area (Å²) in [7, 11) is -4.24. The summed E-state index contributed by atoms with van der Waals surface area (Å²) in [5.41, 5.74) is 1.50. The summed E-state index contributed by atoms with van der Waals surface area (Å²) >= 11 is 0. The third-order valence-electron chi connectivity index (χ3n) is 5.99. The molecule has 0 spiro atoms. The van der Waals surface area contributed by atoms with Crippen LogP contribution >= 0.6 is 0 Å². The first-order valence-corrected chi connectivity index (χ1v) is 13.6. The first-order chi connectivity index (χ1) is 18.0. The van der Waals surface area contributed by atoms with Gasteiger partial charge in [-0.25, -0.2) is 17.2 Å². The number of hydrogen-bond acceptors (Lipinski definition) is 4. The standard InChI is InChI=1S/C28H31F2N3O4S/c1-4-17-31-28(35)21(3)32(18-22-7-9-23(29)10-8-22)27(34)19-33(25-13-11-24(30)12-14-25)38(36,37)26-15-5-20(2)6-16-26/h5-16,21H,4,17-19H2,1-3H3,(H,31,35). The SMILES string of the molecule is CCCNC(=O)C(C)N(Cc1ccc(F)cc1)C(=O)CN(c1ccc(F)cc1)S(=O)(=O)c1ccc(C)cc1. The first kappa shape index (κ1) is 28.8. The van der Waals surface area contributed by atoms with Crippen LogP contribution in [0.1, 0.15) is 31.4 Å². The molecule has 1 N–H and O–H groups in total. The molecule has 0 aliphatic rings. The largest absolute Gasteiger partial charge is 0.354 e. The highest BCUT2D eigenvalue weighted by Gasteiger charge is 2.32. The highest BCUT2D eigenvalue weighted by Crippen LogP contribution is 2.25. The van der Waals surface area contributed by atoms with E-state index in [4.69, 9.17) is 0 Å². The van der Waals surface area contributed by atoms with Crippen LogP contribution in [0.15, 0.2) is 77.7 Å². The van der Waals surface area contributed by atoms with Crippen molar-refractivity contribution in [2.45, 2.75) is 44.7 Å². The second-order valence-corrected chi connectivity index (χ2v) is 10.8. The van der Waals surface area contributed by atoms with E-state index in [1.54, 1.807) is 19.1 Å². The molecular weight excluding hydrogens is 512 g/mol. The van der Waals surface area contributed by atoms with Crippen LogP contribution in [0.4, 0.5) is 14.5 Å². The number of rotatable bonds is 11. The molecule has 0 aliphatic carbocycles. The lowest BCUT2D eigenvalue weighted by Gasteiger charge is -2.32. The van der Waals surface area contributed by atoms with Gasteiger partial charge >= 0.3 is 0 Å². The maximum Gasteiger partial charge on any atom is 0.264 e. The summed E-state index contributed by atoms with van der Waals surface area (Å²) < 4.78 is 55.4. The van der Waals surface area contributed by atoms with Crippen LogP contribution in [-0.4, -0.2) is 44.3 Å². The van der Waals surface area contributed by atoms with Gasteiger partial charge < -0.3 is 10.2 Å². The van der Waals surface area contributed by atoms with Crippen molar-refractivity contribution in [2.75, 3.05) is 17.4 Å². The van der Waals surface area contributed by atoms with Crippen LogP contribution in [0.2, 0.25) is 0 Å². The minimum absolute atomic E-state index is 0.0425. The normalized spacial score (nSPS) is 12.0. The fourth-order valence-electron chi connectivity index (χ4n) is 3.74. The van der Waals surface area contributed by atoms with E-state index in [0.29, 0.717) is 18.5 Å². The van der Waals surface area contributed by atoms with Crippen LogP contribution < -0.4 is 9.62 Å². The number of halogens is 2. The molecule has 202 valence electrons. The van der Waals surface area contributed by atoms with Crippen LogP contribution in [0.3, 0.4) is 0 Å². The Morgan fingerprint density at radius 3 is 2.00 bits per heavy atom. The van der Waals surface area contributed by atoms with Crippen LogP contribution in [0.25, 0.3) is 0 Å². The Labute approximate surface area is 222 Å². The van der Waals surface area contributed by atoms with E-state index in [9.17, 15) is 26.8 Å². The number of nitrogens with zero attached hydrogens (tertiary/aromatic N) is 2. The molecule has 0 bridgehead atoms. The average molecular weight is 544 g/mol. The number of aryl methyl sites for hydroxylation is 1. The molecule has 0 saturated heterocycles. The molecule has 3 aromatic carbocycles. The van der Waals surface area contributed by atoms with E-state index in [2.05, 4.69) is 5.32 Å². The van der Waals surface area contributed by atoms with Gasteiger partial charge in [0.2, 0.25) is 11.8 Å². The molecule has 0 radical (unpaired) electrons. The molecule has 7 nitrogen and oxygen atoms in total. The Hall–Kier alpha value is -3.79. The van der Waals surface area contributed by atoms with Crippen molar-refractivity contribution >= 4 is 27.5 Å². The summed E-state index contributed by atoms with van der Waals surface area (Å²) in [5, 5.41) is 2.75. The van der Waals surface area contributed by atoms with Crippen LogP contribution in [0.5, 0.6) is 0 Å². The maximum absolute atomic E-state index is 13.7. The van der Waals surface area contributed by atoms with Crippen molar-refractivity contribution in [3.8, 4) is 0 Å². The molecule has 1 atom stereocenters. The zero-order valence-corrected chi connectivity index (χ0v) is 22.3. The second kappa shape index (κ2) is 12.6. The van der Waals surface area contributed by atoms with Gasteiger partial charge in [-0.1, -0.05) is 36.8 Å². The van der Waals surface area contributed by atoms with E-state index >= 15 is 0 Å². The minimum atomic E-state index is -4.24. The molecule has 38 heavy (non-hydrogen) atoms. The molecule has 0 heterocycles. The number of hydrogen-bond donors (Lipinski definition) is 1. The monoisotopic (exact) mass is 543 g/mol. The summed E-state index contributed by atoms with van der Waals surface area (Å²) in [5.74, 6) is -2.08. The van der Waals surface area contributed by atoms with Crippen molar-refractivity contribution in [2.24, 2.45) is 0 Å². The molecule has 10 heteroatoms. The molecule has 0 fully saturated rings. The number of carbonyl (C=O) groups excluding carboxylic acids is 2. The predicted molar refractivity (Wildman–Crippen MR) is 142 cm³/mol. The lowest BCUT2D eigenvalue weighted by atomic mass is 10.1. The van der Waals surface area contributed by atoms with Crippen molar-refractivity contribution in [3.63, 3.8) is 0 Å². The molecule has 2 amide bonds. The maximum atomic E-state index is 13.7. The Morgan fingerprint density at radius 1 is 0.895 bits per heavy atom. The van der Waals surface area contributed by atoms with Gasteiger partial charge in [-0.2, -0.15) is 0 Å². The van der Waals surface area contributed by atoms with Crippen LogP contribution in [0, 0.1) is 18.6 Å². The zero-order valence-electron chi connectivity index (χ0n) is 21.5. The number of anilines is 1. The third kappa shape index (κ3) is 7.16. The van der Waals surface area contributed by atoms with Gasteiger partial charge in [0.25, 0.3) is 10.0 Å². The van der Waals surface area contributed by atoms with E-state index in [1.165, 1.54) is 53.4 Å². The number of carbonyl (C=O) groups is 2. The minimum Gasteiger partial charge on any atom is -0.354 e. The molecular formula is C28H31F2N3O4S. The van der Waals surface area contributed by atoms with Gasteiger partial charge in [0.1, 0.15) is 24.2 Å². The Bertz CT molecular complexity index is 1350. The van der Waals surface area contributed by atoms with E-state index in [1.807, 2.05) is 13.8 Å². The van der Waals surface area contributed by atoms with Crippen molar-refractivity contribution in [3.05, 3.63) is 95.6 Å². The Kier molecular flexibility index (Phi) is 9.57. The highest BCUT2D eigenvalue weighted by atomic mass is 32.2. The summed E-state index contributed by atoms with van der Waals surface area (Å²) in [6, 6.07) is 15.4. The van der Waals surface area contributed by atoms with E-state index in [0.717, 1.165) is 22.0 Å². The molecule has 3 rings (SSSR count). The van der Waals surface area contributed by atoms with Crippen molar-refractivity contribution < 1.29 is 26.8 Å². The van der Waals surface area contributed by atoms with Gasteiger partial charge in [-0.15, -0.1) is 0 Å². The fraction of sp³-hybridized carbons (Fsp3) is 0.286. The third-order valence-corrected chi connectivity index (χ3v) is 7.77. The number of benzene rings is 3. The van der Waals surface area contributed by atoms with Crippen molar-refractivity contribution in [1.82, 2.24) is 10.2 Å². The average Bonchev–Trinajstić information content (AvgIpc) is 2.90. The summed E-state index contributed by atoms with van der Waals surface area (Å²) in [4.78, 5) is 27.7. The smallest absolute Gasteiger partial charge is 0.264 e. The predicted octanol–water partition coefficient (Wildman–Crippen LogP) is 4.41. The number of nitrogens with one attached hydrogen (secondary N) is 1. The molecule has 0 saturated carbocycles. The lowest BCUT2D eigenvalue weighted by molar-refractivity contribution is -0.139. The summed E-state index contributed by atoms with van der Waals surface area (Å²) in [6.45, 7) is 4.96. The Balaban J connectivity index is 2.00. The first-order valence-electron chi connectivity index (χ1n) is 12.2. The molecule has 0 aromatic heterocycles. The number of sulfonamides is 1. The van der Waals surface area contributed by atoms with E-state index < -0.39 is 46.1 Å².